The molecule has 6 heteroatoms. The lowest BCUT2D eigenvalue weighted by molar-refractivity contribution is -0.136. The van der Waals surface area contributed by atoms with E-state index in [-0.39, 0.29) is 12.4 Å². The van der Waals surface area contributed by atoms with Gasteiger partial charge in [-0.3, -0.25) is 9.59 Å². The minimum Gasteiger partial charge on any atom is -0.372 e. The van der Waals surface area contributed by atoms with Crippen molar-refractivity contribution in [1.29, 1.82) is 0 Å². The second-order valence-electron chi connectivity index (χ2n) is 5.48. The van der Waals surface area contributed by atoms with Gasteiger partial charge >= 0.3 is 11.8 Å². The van der Waals surface area contributed by atoms with Crippen LogP contribution in [0.3, 0.4) is 0 Å². The molecule has 2 aromatic rings. The van der Waals surface area contributed by atoms with Crippen LogP contribution in [0.2, 0.25) is 0 Å². The van der Waals surface area contributed by atoms with E-state index in [4.69, 9.17) is 0 Å². The first-order valence-electron chi connectivity index (χ1n) is 8.22. The van der Waals surface area contributed by atoms with Gasteiger partial charge < -0.3 is 15.5 Å². The number of hydrogen-bond acceptors (Lipinski definition) is 3. The van der Waals surface area contributed by atoms with Gasteiger partial charge in [-0.15, -0.1) is 0 Å². The quantitative estimate of drug-likeness (QED) is 0.793. The Morgan fingerprint density at radius 1 is 0.920 bits per heavy atom. The Kier molecular flexibility index (Phi) is 6.51. The van der Waals surface area contributed by atoms with E-state index in [1.165, 1.54) is 12.1 Å². The smallest absolute Gasteiger partial charge is 0.313 e. The van der Waals surface area contributed by atoms with Crippen LogP contribution in [0, 0.1) is 5.82 Å². The molecule has 0 aliphatic heterocycles. The van der Waals surface area contributed by atoms with Gasteiger partial charge in [0.1, 0.15) is 5.82 Å². The maximum atomic E-state index is 12.8. The summed E-state index contributed by atoms with van der Waals surface area (Å²) in [4.78, 5) is 26.0. The normalized spacial score (nSPS) is 10.2. The minimum absolute atomic E-state index is 0.160. The van der Waals surface area contributed by atoms with Crippen molar-refractivity contribution in [2.45, 2.75) is 20.4 Å². The molecule has 0 spiro atoms. The van der Waals surface area contributed by atoms with Crippen molar-refractivity contribution in [1.82, 2.24) is 5.32 Å². The zero-order valence-electron chi connectivity index (χ0n) is 14.4. The van der Waals surface area contributed by atoms with Crippen LogP contribution in [0.15, 0.2) is 48.5 Å². The first kappa shape index (κ1) is 18.4. The SMILES string of the molecule is CCN(CC)c1ccc(NC(=O)C(=O)NCc2ccc(F)cc2)cc1. The molecule has 0 saturated heterocycles. The first-order chi connectivity index (χ1) is 12.0. The van der Waals surface area contributed by atoms with Gasteiger partial charge in [-0.2, -0.15) is 0 Å². The third-order valence-corrected chi connectivity index (χ3v) is 3.83. The van der Waals surface area contributed by atoms with Crippen molar-refractivity contribution in [3.05, 3.63) is 59.9 Å². The Labute approximate surface area is 146 Å². The number of carbonyl (C=O) groups is 2. The summed E-state index contributed by atoms with van der Waals surface area (Å²) < 4.78 is 12.8. The molecule has 2 aromatic carbocycles. The summed E-state index contributed by atoms with van der Waals surface area (Å²) in [7, 11) is 0. The number of anilines is 2. The molecule has 0 aromatic heterocycles. The number of hydrogen-bond donors (Lipinski definition) is 2. The molecule has 0 radical (unpaired) electrons. The van der Waals surface area contributed by atoms with Gasteiger partial charge in [0.15, 0.2) is 0 Å². The Morgan fingerprint density at radius 3 is 2.08 bits per heavy atom. The highest BCUT2D eigenvalue weighted by Crippen LogP contribution is 2.17. The highest BCUT2D eigenvalue weighted by Gasteiger charge is 2.13. The summed E-state index contributed by atoms with van der Waals surface area (Å²) in [6, 6.07) is 13.0. The number of nitrogens with one attached hydrogen (secondary N) is 2. The van der Waals surface area contributed by atoms with Crippen LogP contribution >= 0.6 is 0 Å². The zero-order valence-corrected chi connectivity index (χ0v) is 14.4. The molecule has 0 aliphatic rings. The Morgan fingerprint density at radius 2 is 1.52 bits per heavy atom. The van der Waals surface area contributed by atoms with Crippen LogP contribution in [0.4, 0.5) is 15.8 Å². The molecular weight excluding hydrogens is 321 g/mol. The molecule has 0 fully saturated rings. The third kappa shape index (κ3) is 5.31. The molecule has 2 N–H and O–H groups in total. The highest BCUT2D eigenvalue weighted by molar-refractivity contribution is 6.39. The van der Waals surface area contributed by atoms with Gasteiger partial charge in [0.2, 0.25) is 0 Å². The largest absolute Gasteiger partial charge is 0.372 e. The van der Waals surface area contributed by atoms with Crippen LogP contribution in [0.1, 0.15) is 19.4 Å². The van der Waals surface area contributed by atoms with Crippen molar-refractivity contribution in [3.63, 3.8) is 0 Å². The van der Waals surface area contributed by atoms with Crippen molar-refractivity contribution >= 4 is 23.2 Å². The summed E-state index contributed by atoms with van der Waals surface area (Å²) in [5.41, 5.74) is 2.33. The predicted molar refractivity (Wildman–Crippen MR) is 96.9 cm³/mol. The van der Waals surface area contributed by atoms with E-state index in [1.807, 2.05) is 12.1 Å². The molecule has 2 rings (SSSR count). The number of halogens is 1. The van der Waals surface area contributed by atoms with E-state index in [9.17, 15) is 14.0 Å². The number of nitrogens with zero attached hydrogens (tertiary/aromatic N) is 1. The zero-order chi connectivity index (χ0) is 18.2. The molecule has 0 saturated carbocycles. The van der Waals surface area contributed by atoms with E-state index in [1.54, 1.807) is 24.3 Å². The van der Waals surface area contributed by atoms with Crippen molar-refractivity contribution in [2.24, 2.45) is 0 Å². The third-order valence-electron chi connectivity index (χ3n) is 3.83. The number of amides is 2. The van der Waals surface area contributed by atoms with Crippen LogP contribution in [0.25, 0.3) is 0 Å². The van der Waals surface area contributed by atoms with Crippen molar-refractivity contribution in [2.75, 3.05) is 23.3 Å². The Hall–Kier alpha value is -2.89. The number of carbonyl (C=O) groups excluding carboxylic acids is 2. The molecule has 0 aliphatic carbocycles. The van der Waals surface area contributed by atoms with Gasteiger partial charge in [0.05, 0.1) is 0 Å². The standard InChI is InChI=1S/C19H22FN3O2/c1-3-23(4-2)17-11-9-16(10-12-17)22-19(25)18(24)21-13-14-5-7-15(20)8-6-14/h5-12H,3-4,13H2,1-2H3,(H,21,24)(H,22,25). The average Bonchev–Trinajstić information content (AvgIpc) is 2.63. The van der Waals surface area contributed by atoms with Gasteiger partial charge in [0.25, 0.3) is 0 Å². The molecule has 0 unspecified atom stereocenters. The van der Waals surface area contributed by atoms with Crippen molar-refractivity contribution < 1.29 is 14.0 Å². The first-order valence-corrected chi connectivity index (χ1v) is 8.22. The van der Waals surface area contributed by atoms with E-state index >= 15 is 0 Å². The molecule has 0 bridgehead atoms. The van der Waals surface area contributed by atoms with Gasteiger partial charge in [-0.05, 0) is 55.8 Å². The van der Waals surface area contributed by atoms with E-state index in [2.05, 4.69) is 29.4 Å². The molecule has 5 nitrogen and oxygen atoms in total. The maximum Gasteiger partial charge on any atom is 0.313 e. The molecule has 0 atom stereocenters. The lowest BCUT2D eigenvalue weighted by atomic mass is 10.2. The lowest BCUT2D eigenvalue weighted by Crippen LogP contribution is -2.34. The minimum atomic E-state index is -0.739. The van der Waals surface area contributed by atoms with Gasteiger partial charge in [-0.1, -0.05) is 12.1 Å². The fourth-order valence-corrected chi connectivity index (χ4v) is 2.40. The molecule has 132 valence electrons. The van der Waals surface area contributed by atoms with E-state index in [0.717, 1.165) is 18.8 Å². The fourth-order valence-electron chi connectivity index (χ4n) is 2.40. The van der Waals surface area contributed by atoms with Crippen molar-refractivity contribution in [3.8, 4) is 0 Å². The summed E-state index contributed by atoms with van der Waals surface area (Å²) >= 11 is 0. The number of benzene rings is 2. The summed E-state index contributed by atoms with van der Waals surface area (Å²) in [5, 5.41) is 5.06. The number of rotatable bonds is 6. The van der Waals surface area contributed by atoms with Crippen LogP contribution < -0.4 is 15.5 Å². The topological polar surface area (TPSA) is 61.4 Å². The lowest BCUT2D eigenvalue weighted by Gasteiger charge is -2.21. The molecule has 25 heavy (non-hydrogen) atoms. The van der Waals surface area contributed by atoms with Crippen LogP contribution in [-0.2, 0) is 16.1 Å². The molecular formula is C19H22FN3O2. The molecule has 0 heterocycles. The Bertz CT molecular complexity index is 710. The maximum absolute atomic E-state index is 12.8. The fraction of sp³-hybridized carbons (Fsp3) is 0.263. The average molecular weight is 343 g/mol. The van der Waals surface area contributed by atoms with Gasteiger partial charge in [0, 0.05) is 31.0 Å². The summed E-state index contributed by atoms with van der Waals surface area (Å²) in [6.07, 6.45) is 0. The highest BCUT2D eigenvalue weighted by atomic mass is 19.1. The second-order valence-corrected chi connectivity index (χ2v) is 5.48. The second kappa shape index (κ2) is 8.82. The summed E-state index contributed by atoms with van der Waals surface area (Å²) in [6.45, 7) is 6.10. The Balaban J connectivity index is 1.88. The van der Waals surface area contributed by atoms with E-state index < -0.39 is 11.8 Å². The summed E-state index contributed by atoms with van der Waals surface area (Å²) in [5.74, 6) is -1.82. The monoisotopic (exact) mass is 343 g/mol. The predicted octanol–water partition coefficient (Wildman–Crippen LogP) is 2.93. The van der Waals surface area contributed by atoms with Gasteiger partial charge in [-0.25, -0.2) is 4.39 Å². The van der Waals surface area contributed by atoms with Crippen LogP contribution in [0.5, 0.6) is 0 Å². The van der Waals surface area contributed by atoms with E-state index in [0.29, 0.717) is 11.3 Å². The molecule has 2 amide bonds. The van der Waals surface area contributed by atoms with Crippen LogP contribution in [-0.4, -0.2) is 24.9 Å².